The molecular weight excluding hydrogens is 228 g/mol. The zero-order chi connectivity index (χ0) is 12.7. The Bertz CT molecular complexity index is 454. The molecule has 2 aliphatic heterocycles. The number of amides is 1. The van der Waals surface area contributed by atoms with Crippen molar-refractivity contribution in [3.8, 4) is 0 Å². The summed E-state index contributed by atoms with van der Waals surface area (Å²) in [4.78, 5) is 16.8. The number of carbonyl (C=O) groups excluding carboxylic acids is 1. The summed E-state index contributed by atoms with van der Waals surface area (Å²) in [7, 11) is 2.19. The van der Waals surface area contributed by atoms with Crippen molar-refractivity contribution in [1.29, 1.82) is 0 Å². The Balaban J connectivity index is 1.78. The maximum atomic E-state index is 12.4. The fourth-order valence-electron chi connectivity index (χ4n) is 3.23. The summed E-state index contributed by atoms with van der Waals surface area (Å²) in [5.74, 6) is 0.564. The smallest absolute Gasteiger partial charge is 0.289 e. The second kappa shape index (κ2) is 4.43. The first-order valence-electron chi connectivity index (χ1n) is 6.72. The van der Waals surface area contributed by atoms with E-state index in [-0.39, 0.29) is 5.91 Å². The van der Waals surface area contributed by atoms with Crippen LogP contribution in [0.1, 0.15) is 35.4 Å². The van der Waals surface area contributed by atoms with Gasteiger partial charge >= 0.3 is 0 Å². The van der Waals surface area contributed by atoms with Crippen molar-refractivity contribution in [3.63, 3.8) is 0 Å². The predicted octanol–water partition coefficient (Wildman–Crippen LogP) is 1.90. The highest BCUT2D eigenvalue weighted by Crippen LogP contribution is 2.29. The Morgan fingerprint density at radius 1 is 1.33 bits per heavy atom. The molecule has 3 heterocycles. The largest absolute Gasteiger partial charge is 0.459 e. The Kier molecular flexibility index (Phi) is 2.90. The molecule has 98 valence electrons. The lowest BCUT2D eigenvalue weighted by Gasteiger charge is -2.25. The topological polar surface area (TPSA) is 36.7 Å². The van der Waals surface area contributed by atoms with Crippen LogP contribution >= 0.6 is 0 Å². The lowest BCUT2D eigenvalue weighted by molar-refractivity contribution is 0.0707. The van der Waals surface area contributed by atoms with Gasteiger partial charge in [0.15, 0.2) is 5.76 Å². The van der Waals surface area contributed by atoms with E-state index in [0.717, 1.165) is 25.1 Å². The highest BCUT2D eigenvalue weighted by molar-refractivity contribution is 5.92. The van der Waals surface area contributed by atoms with E-state index in [1.54, 1.807) is 6.26 Å². The van der Waals surface area contributed by atoms with E-state index >= 15 is 0 Å². The molecule has 2 unspecified atom stereocenters. The molecule has 0 radical (unpaired) electrons. The minimum absolute atomic E-state index is 0.0541. The van der Waals surface area contributed by atoms with Crippen LogP contribution in [-0.2, 0) is 0 Å². The van der Waals surface area contributed by atoms with Crippen molar-refractivity contribution in [2.24, 2.45) is 0 Å². The van der Waals surface area contributed by atoms with Crippen molar-refractivity contribution in [2.75, 3.05) is 20.1 Å². The minimum Gasteiger partial charge on any atom is -0.459 e. The fraction of sp³-hybridized carbons (Fsp3) is 0.643. The first-order valence-corrected chi connectivity index (χ1v) is 6.72. The number of nitrogens with zero attached hydrogens (tertiary/aromatic N) is 2. The Hall–Kier alpha value is -1.29. The molecule has 0 aromatic carbocycles. The van der Waals surface area contributed by atoms with Gasteiger partial charge in [-0.1, -0.05) is 0 Å². The molecule has 2 saturated heterocycles. The molecule has 0 aliphatic carbocycles. The first-order chi connectivity index (χ1) is 8.66. The number of furan rings is 1. The maximum absolute atomic E-state index is 12.4. The van der Waals surface area contributed by atoms with Crippen molar-refractivity contribution < 1.29 is 9.21 Å². The van der Waals surface area contributed by atoms with Gasteiger partial charge in [-0.05, 0) is 39.3 Å². The number of likely N-dealkylation sites (N-methyl/N-ethyl adjacent to an activating group) is 1. The molecule has 0 N–H and O–H groups in total. The van der Waals surface area contributed by atoms with E-state index < -0.39 is 0 Å². The summed E-state index contributed by atoms with van der Waals surface area (Å²) in [6.45, 7) is 3.61. The summed E-state index contributed by atoms with van der Waals surface area (Å²) >= 11 is 0. The second-order valence-corrected chi connectivity index (χ2v) is 5.52. The Labute approximate surface area is 108 Å². The van der Waals surface area contributed by atoms with Gasteiger partial charge in [0.05, 0.1) is 6.26 Å². The van der Waals surface area contributed by atoms with E-state index in [2.05, 4.69) is 11.9 Å². The third-order valence-electron chi connectivity index (χ3n) is 4.49. The van der Waals surface area contributed by atoms with Crippen LogP contribution in [0.3, 0.4) is 0 Å². The van der Waals surface area contributed by atoms with Gasteiger partial charge in [0.1, 0.15) is 0 Å². The van der Waals surface area contributed by atoms with Crippen LogP contribution < -0.4 is 0 Å². The lowest BCUT2D eigenvalue weighted by Crippen LogP contribution is -2.39. The van der Waals surface area contributed by atoms with Crippen molar-refractivity contribution in [3.05, 3.63) is 23.7 Å². The van der Waals surface area contributed by atoms with Gasteiger partial charge in [0, 0.05) is 30.7 Å². The monoisotopic (exact) mass is 248 g/mol. The second-order valence-electron chi connectivity index (χ2n) is 5.52. The van der Waals surface area contributed by atoms with Crippen LogP contribution in [0.25, 0.3) is 0 Å². The number of rotatable bonds is 1. The Morgan fingerprint density at radius 2 is 2.11 bits per heavy atom. The van der Waals surface area contributed by atoms with Crippen molar-refractivity contribution >= 4 is 5.91 Å². The number of fused-ring (bicyclic) bond motifs is 2. The molecule has 4 heteroatoms. The highest BCUT2D eigenvalue weighted by Gasteiger charge is 2.36. The predicted molar refractivity (Wildman–Crippen MR) is 68.5 cm³/mol. The third-order valence-corrected chi connectivity index (χ3v) is 4.49. The zero-order valence-corrected chi connectivity index (χ0v) is 11.1. The van der Waals surface area contributed by atoms with Gasteiger partial charge in [-0.25, -0.2) is 0 Å². The SMILES string of the molecule is Cc1ccoc1C(=O)N1CCC2CCC(C1)N2C. The van der Waals surface area contributed by atoms with E-state index in [4.69, 9.17) is 4.42 Å². The van der Waals surface area contributed by atoms with Crippen LogP contribution in [-0.4, -0.2) is 47.9 Å². The molecule has 2 bridgehead atoms. The molecule has 1 aromatic rings. The quantitative estimate of drug-likeness (QED) is 0.761. The Morgan fingerprint density at radius 3 is 2.83 bits per heavy atom. The molecule has 18 heavy (non-hydrogen) atoms. The molecule has 1 amide bonds. The molecule has 0 saturated carbocycles. The molecule has 2 aliphatic rings. The standard InChI is InChI=1S/C14H20N2O2/c1-10-6-8-18-13(10)14(17)16-7-5-11-3-4-12(9-16)15(11)2/h6,8,11-12H,3-5,7,9H2,1-2H3. The summed E-state index contributed by atoms with van der Waals surface area (Å²) < 4.78 is 5.32. The van der Waals surface area contributed by atoms with Crippen molar-refractivity contribution in [1.82, 2.24) is 9.80 Å². The fourth-order valence-corrected chi connectivity index (χ4v) is 3.23. The zero-order valence-electron chi connectivity index (χ0n) is 11.1. The van der Waals surface area contributed by atoms with E-state index in [1.165, 1.54) is 12.8 Å². The average molecular weight is 248 g/mol. The normalized spacial score (nSPS) is 28.4. The van der Waals surface area contributed by atoms with E-state index in [9.17, 15) is 4.79 Å². The van der Waals surface area contributed by atoms with E-state index in [0.29, 0.717) is 17.8 Å². The van der Waals surface area contributed by atoms with Gasteiger partial charge in [0.2, 0.25) is 0 Å². The number of carbonyl (C=O) groups is 1. The summed E-state index contributed by atoms with van der Waals surface area (Å²) in [6.07, 6.45) is 5.17. The molecule has 2 atom stereocenters. The van der Waals surface area contributed by atoms with Crippen LogP contribution in [0, 0.1) is 6.92 Å². The van der Waals surface area contributed by atoms with Gasteiger partial charge in [-0.3, -0.25) is 9.69 Å². The number of hydrogen-bond donors (Lipinski definition) is 0. The summed E-state index contributed by atoms with van der Waals surface area (Å²) in [5.41, 5.74) is 0.933. The summed E-state index contributed by atoms with van der Waals surface area (Å²) in [5, 5.41) is 0. The number of aryl methyl sites for hydroxylation is 1. The molecule has 4 nitrogen and oxygen atoms in total. The average Bonchev–Trinajstić information content (AvgIpc) is 2.84. The van der Waals surface area contributed by atoms with Gasteiger partial charge < -0.3 is 9.32 Å². The molecule has 1 aromatic heterocycles. The van der Waals surface area contributed by atoms with Gasteiger partial charge in [-0.15, -0.1) is 0 Å². The maximum Gasteiger partial charge on any atom is 0.289 e. The van der Waals surface area contributed by atoms with Crippen molar-refractivity contribution in [2.45, 2.75) is 38.3 Å². The molecular formula is C14H20N2O2. The minimum atomic E-state index is 0.0541. The number of likely N-dealkylation sites (tertiary alicyclic amines) is 1. The van der Waals surface area contributed by atoms with Crippen LogP contribution in [0.15, 0.2) is 16.7 Å². The van der Waals surface area contributed by atoms with Crippen LogP contribution in [0.4, 0.5) is 0 Å². The molecule has 0 spiro atoms. The first kappa shape index (κ1) is 11.8. The van der Waals surface area contributed by atoms with Gasteiger partial charge in [-0.2, -0.15) is 0 Å². The highest BCUT2D eigenvalue weighted by atomic mass is 16.3. The van der Waals surface area contributed by atoms with Gasteiger partial charge in [0.25, 0.3) is 5.91 Å². The van der Waals surface area contributed by atoms with Crippen LogP contribution in [0.2, 0.25) is 0 Å². The van der Waals surface area contributed by atoms with Crippen LogP contribution in [0.5, 0.6) is 0 Å². The number of hydrogen-bond acceptors (Lipinski definition) is 3. The third kappa shape index (κ3) is 1.85. The summed E-state index contributed by atoms with van der Waals surface area (Å²) in [6, 6.07) is 3.03. The molecule has 2 fully saturated rings. The van der Waals surface area contributed by atoms with E-state index in [1.807, 2.05) is 17.9 Å². The molecule has 3 rings (SSSR count). The lowest BCUT2D eigenvalue weighted by atomic mass is 10.1.